The largest absolute Gasteiger partial charge is 0.312 e. The first-order chi connectivity index (χ1) is 6.32. The van der Waals surface area contributed by atoms with Crippen LogP contribution in [0.2, 0.25) is 0 Å². The third kappa shape index (κ3) is 0.953. The van der Waals surface area contributed by atoms with Crippen molar-refractivity contribution in [1.29, 1.82) is 0 Å². The van der Waals surface area contributed by atoms with Crippen molar-refractivity contribution < 1.29 is 4.39 Å². The molecular formula is C11H12FN. The van der Waals surface area contributed by atoms with Gasteiger partial charge in [0, 0.05) is 24.1 Å². The maximum absolute atomic E-state index is 13.4. The van der Waals surface area contributed by atoms with Crippen LogP contribution < -0.4 is 5.32 Å². The van der Waals surface area contributed by atoms with Gasteiger partial charge in [-0.05, 0) is 24.5 Å². The van der Waals surface area contributed by atoms with E-state index in [1.165, 1.54) is 18.4 Å². The van der Waals surface area contributed by atoms with Gasteiger partial charge in [-0.1, -0.05) is 12.1 Å². The molecule has 0 amide bonds. The van der Waals surface area contributed by atoms with E-state index in [9.17, 15) is 4.39 Å². The number of halogens is 1. The molecule has 13 heavy (non-hydrogen) atoms. The molecule has 1 aliphatic carbocycles. The molecule has 0 radical (unpaired) electrons. The Kier molecular flexibility index (Phi) is 1.34. The van der Waals surface area contributed by atoms with E-state index >= 15 is 0 Å². The van der Waals surface area contributed by atoms with Crippen molar-refractivity contribution in [2.24, 2.45) is 0 Å². The summed E-state index contributed by atoms with van der Waals surface area (Å²) in [6.45, 7) is 1.73. The normalized spacial score (nSPS) is 22.8. The van der Waals surface area contributed by atoms with Gasteiger partial charge in [0.15, 0.2) is 0 Å². The average molecular weight is 177 g/mol. The first kappa shape index (κ1) is 7.51. The van der Waals surface area contributed by atoms with Crippen molar-refractivity contribution in [2.75, 3.05) is 6.54 Å². The Bertz CT molecular complexity index is 355. The van der Waals surface area contributed by atoms with Crippen LogP contribution in [0.15, 0.2) is 18.2 Å². The molecule has 1 aromatic rings. The smallest absolute Gasteiger partial charge is 0.127 e. The number of nitrogens with one attached hydrogen (secondary N) is 1. The molecule has 1 fully saturated rings. The molecule has 3 rings (SSSR count). The molecule has 1 nitrogen and oxygen atoms in total. The Balaban J connectivity index is 2.19. The third-order valence-corrected chi connectivity index (χ3v) is 3.31. The highest BCUT2D eigenvalue weighted by molar-refractivity contribution is 5.41. The second-order valence-corrected chi connectivity index (χ2v) is 4.15. The molecule has 2 aliphatic rings. The van der Waals surface area contributed by atoms with Crippen LogP contribution in [0.1, 0.15) is 24.0 Å². The maximum Gasteiger partial charge on any atom is 0.127 e. The maximum atomic E-state index is 13.4. The highest BCUT2D eigenvalue weighted by atomic mass is 19.1. The van der Waals surface area contributed by atoms with Gasteiger partial charge in [0.1, 0.15) is 5.82 Å². The number of hydrogen-bond donors (Lipinski definition) is 1. The van der Waals surface area contributed by atoms with Crippen molar-refractivity contribution in [3.8, 4) is 0 Å². The molecule has 2 heteroatoms. The van der Waals surface area contributed by atoms with Crippen LogP contribution in [0.3, 0.4) is 0 Å². The van der Waals surface area contributed by atoms with E-state index in [4.69, 9.17) is 0 Å². The van der Waals surface area contributed by atoms with Gasteiger partial charge in [-0.15, -0.1) is 0 Å². The van der Waals surface area contributed by atoms with Crippen LogP contribution in [0, 0.1) is 5.82 Å². The van der Waals surface area contributed by atoms with Crippen molar-refractivity contribution in [3.05, 3.63) is 35.1 Å². The lowest BCUT2D eigenvalue weighted by Gasteiger charge is -2.26. The number of fused-ring (bicyclic) bond motifs is 2. The lowest BCUT2D eigenvalue weighted by atomic mass is 9.88. The Hall–Kier alpha value is -0.890. The van der Waals surface area contributed by atoms with E-state index in [1.807, 2.05) is 6.07 Å². The van der Waals surface area contributed by atoms with E-state index in [0.717, 1.165) is 12.1 Å². The molecule has 1 saturated carbocycles. The topological polar surface area (TPSA) is 12.0 Å². The number of rotatable bonds is 0. The van der Waals surface area contributed by atoms with Crippen molar-refractivity contribution in [1.82, 2.24) is 5.32 Å². The fourth-order valence-electron chi connectivity index (χ4n) is 2.35. The van der Waals surface area contributed by atoms with Gasteiger partial charge in [-0.2, -0.15) is 0 Å². The average Bonchev–Trinajstić information content (AvgIpc) is 2.89. The fourth-order valence-corrected chi connectivity index (χ4v) is 2.35. The number of hydrogen-bond acceptors (Lipinski definition) is 1. The van der Waals surface area contributed by atoms with E-state index in [0.29, 0.717) is 12.0 Å². The molecule has 1 aromatic carbocycles. The van der Waals surface area contributed by atoms with E-state index in [2.05, 4.69) is 11.4 Å². The van der Waals surface area contributed by atoms with Crippen LogP contribution in [0.25, 0.3) is 0 Å². The second kappa shape index (κ2) is 2.32. The van der Waals surface area contributed by atoms with E-state index in [-0.39, 0.29) is 5.82 Å². The second-order valence-electron chi connectivity index (χ2n) is 4.15. The summed E-state index contributed by atoms with van der Waals surface area (Å²) in [6.07, 6.45) is 2.44. The zero-order valence-electron chi connectivity index (χ0n) is 7.44. The minimum atomic E-state index is -0.0454. The zero-order chi connectivity index (χ0) is 8.89. The summed E-state index contributed by atoms with van der Waals surface area (Å²) in [5, 5.41) is 3.29. The van der Waals surface area contributed by atoms with Crippen LogP contribution >= 0.6 is 0 Å². The summed E-state index contributed by atoms with van der Waals surface area (Å²) >= 11 is 0. The van der Waals surface area contributed by atoms with Crippen LogP contribution in [-0.4, -0.2) is 6.54 Å². The molecule has 1 heterocycles. The predicted molar refractivity (Wildman–Crippen MR) is 49.0 cm³/mol. The lowest BCUT2D eigenvalue weighted by Crippen LogP contribution is -2.33. The SMILES string of the molecule is Fc1cccc2c1CNCC21CC1. The Morgan fingerprint density at radius 2 is 2.15 bits per heavy atom. The molecule has 0 bridgehead atoms. The van der Waals surface area contributed by atoms with Gasteiger partial charge < -0.3 is 5.32 Å². The highest BCUT2D eigenvalue weighted by Crippen LogP contribution is 2.50. The van der Waals surface area contributed by atoms with Gasteiger partial charge in [-0.25, -0.2) is 4.39 Å². The number of benzene rings is 1. The molecule has 0 saturated heterocycles. The Labute approximate surface area is 77.0 Å². The molecule has 0 atom stereocenters. The van der Waals surface area contributed by atoms with Crippen molar-refractivity contribution in [3.63, 3.8) is 0 Å². The van der Waals surface area contributed by atoms with Gasteiger partial charge in [0.05, 0.1) is 0 Å². The fraction of sp³-hybridized carbons (Fsp3) is 0.455. The van der Waals surface area contributed by atoms with E-state index < -0.39 is 0 Å². The van der Waals surface area contributed by atoms with Crippen LogP contribution in [0.5, 0.6) is 0 Å². The molecular weight excluding hydrogens is 165 g/mol. The summed E-state index contributed by atoms with van der Waals surface area (Å²) in [7, 11) is 0. The summed E-state index contributed by atoms with van der Waals surface area (Å²) in [5.41, 5.74) is 2.45. The van der Waals surface area contributed by atoms with Crippen LogP contribution in [0.4, 0.5) is 4.39 Å². The Morgan fingerprint density at radius 3 is 2.92 bits per heavy atom. The summed E-state index contributed by atoms with van der Waals surface area (Å²) < 4.78 is 13.4. The highest BCUT2D eigenvalue weighted by Gasteiger charge is 2.47. The van der Waals surface area contributed by atoms with Gasteiger partial charge in [0.25, 0.3) is 0 Å². The van der Waals surface area contributed by atoms with E-state index in [1.54, 1.807) is 6.07 Å². The van der Waals surface area contributed by atoms with Crippen molar-refractivity contribution >= 4 is 0 Å². The molecule has 68 valence electrons. The third-order valence-electron chi connectivity index (χ3n) is 3.31. The quantitative estimate of drug-likeness (QED) is 0.638. The molecule has 1 spiro atoms. The predicted octanol–water partition coefficient (Wildman–Crippen LogP) is 1.96. The zero-order valence-corrected chi connectivity index (χ0v) is 7.44. The summed E-state index contributed by atoms with van der Waals surface area (Å²) in [5.74, 6) is -0.0454. The van der Waals surface area contributed by atoms with Crippen LogP contribution in [-0.2, 0) is 12.0 Å². The summed E-state index contributed by atoms with van der Waals surface area (Å²) in [6, 6.07) is 5.48. The standard InChI is InChI=1S/C11H12FN/c12-10-3-1-2-9-8(10)6-13-7-11(9)4-5-11/h1-3,13H,4-7H2. The Morgan fingerprint density at radius 1 is 1.31 bits per heavy atom. The molecule has 0 unspecified atom stereocenters. The first-order valence-electron chi connectivity index (χ1n) is 4.80. The monoisotopic (exact) mass is 177 g/mol. The summed E-state index contributed by atoms with van der Waals surface area (Å²) in [4.78, 5) is 0. The minimum absolute atomic E-state index is 0.0454. The molecule has 0 aromatic heterocycles. The molecule has 1 N–H and O–H groups in total. The van der Waals surface area contributed by atoms with Gasteiger partial charge in [0.2, 0.25) is 0 Å². The molecule has 1 aliphatic heterocycles. The van der Waals surface area contributed by atoms with Crippen molar-refractivity contribution in [2.45, 2.75) is 24.8 Å². The van der Waals surface area contributed by atoms with Gasteiger partial charge >= 0.3 is 0 Å². The van der Waals surface area contributed by atoms with Gasteiger partial charge in [-0.3, -0.25) is 0 Å². The lowest BCUT2D eigenvalue weighted by molar-refractivity contribution is 0.501. The first-order valence-corrected chi connectivity index (χ1v) is 4.80. The minimum Gasteiger partial charge on any atom is -0.312 e.